The highest BCUT2D eigenvalue weighted by molar-refractivity contribution is 7.80. The summed E-state index contributed by atoms with van der Waals surface area (Å²) in [7, 11) is 1.68. The molecule has 6 heteroatoms. The molecule has 3 heterocycles. The van der Waals surface area contributed by atoms with Crippen molar-refractivity contribution < 1.29 is 4.74 Å². The lowest BCUT2D eigenvalue weighted by molar-refractivity contribution is 0.414. The van der Waals surface area contributed by atoms with E-state index in [2.05, 4.69) is 88.3 Å². The zero-order valence-electron chi connectivity index (χ0n) is 18.9. The van der Waals surface area contributed by atoms with Crippen LogP contribution < -0.4 is 15.0 Å². The molecule has 0 radical (unpaired) electrons. The molecule has 1 aliphatic heterocycles. The number of nitrogens with zero attached hydrogens (tertiary/aromatic N) is 3. The molecular weight excluding hydrogens is 428 g/mol. The Bertz CT molecular complexity index is 1260. The SMILES string of the molecule is COc1ccc(-n2cccc2[C@H]2[C@@H](c3ccccn3)NC(=S)N2c2cc(C)cc(C)c2)cc1. The maximum absolute atomic E-state index is 5.89. The number of aromatic nitrogens is 2. The molecule has 5 rings (SSSR count). The summed E-state index contributed by atoms with van der Waals surface area (Å²) in [6.07, 6.45) is 3.92. The normalized spacial score (nSPS) is 17.8. The zero-order chi connectivity index (χ0) is 22.9. The second-order valence-corrected chi connectivity index (χ2v) is 8.73. The van der Waals surface area contributed by atoms with Crippen molar-refractivity contribution in [2.45, 2.75) is 25.9 Å². The van der Waals surface area contributed by atoms with Crippen LogP contribution >= 0.6 is 12.2 Å². The summed E-state index contributed by atoms with van der Waals surface area (Å²) in [5.74, 6) is 0.833. The van der Waals surface area contributed by atoms with E-state index >= 15 is 0 Å². The van der Waals surface area contributed by atoms with Gasteiger partial charge in [-0.2, -0.15) is 0 Å². The predicted octanol–water partition coefficient (Wildman–Crippen LogP) is 5.67. The highest BCUT2D eigenvalue weighted by Gasteiger charge is 2.42. The third-order valence-corrected chi connectivity index (χ3v) is 6.33. The highest BCUT2D eigenvalue weighted by atomic mass is 32.1. The standard InChI is InChI=1S/C27H26N4OS/c1-18-15-19(2)17-21(16-18)31-26(25(29-27(31)33)23-7-4-5-13-28-23)24-8-6-14-30(24)20-9-11-22(32-3)12-10-20/h4-17,25-26H,1-3H3,(H,29,33)/t25-,26+/m1/s1. The molecule has 33 heavy (non-hydrogen) atoms. The van der Waals surface area contributed by atoms with E-state index < -0.39 is 0 Å². The molecule has 1 fully saturated rings. The number of rotatable bonds is 5. The average molecular weight is 455 g/mol. The van der Waals surface area contributed by atoms with Gasteiger partial charge in [0.05, 0.1) is 18.8 Å². The molecule has 0 unspecified atom stereocenters. The van der Waals surface area contributed by atoms with Crippen molar-refractivity contribution in [3.05, 3.63) is 108 Å². The number of hydrogen-bond acceptors (Lipinski definition) is 3. The Morgan fingerprint density at radius 3 is 2.33 bits per heavy atom. The minimum atomic E-state index is -0.0913. The minimum Gasteiger partial charge on any atom is -0.497 e. The summed E-state index contributed by atoms with van der Waals surface area (Å²) < 4.78 is 7.56. The number of hydrogen-bond donors (Lipinski definition) is 1. The van der Waals surface area contributed by atoms with Gasteiger partial charge >= 0.3 is 0 Å². The summed E-state index contributed by atoms with van der Waals surface area (Å²) in [5.41, 5.74) is 6.64. The molecule has 0 amide bonds. The Morgan fingerprint density at radius 2 is 1.67 bits per heavy atom. The number of pyridine rings is 1. The van der Waals surface area contributed by atoms with Gasteiger partial charge in [-0.15, -0.1) is 0 Å². The average Bonchev–Trinajstić information content (AvgIpc) is 3.43. The first-order valence-corrected chi connectivity index (χ1v) is 11.4. The first-order valence-electron chi connectivity index (χ1n) is 11.0. The lowest BCUT2D eigenvalue weighted by atomic mass is 10.00. The van der Waals surface area contributed by atoms with Crippen molar-refractivity contribution in [3.8, 4) is 11.4 Å². The van der Waals surface area contributed by atoms with Crippen LogP contribution in [0.25, 0.3) is 5.69 Å². The van der Waals surface area contributed by atoms with E-state index in [9.17, 15) is 0 Å². The Labute approximate surface area is 199 Å². The molecule has 2 aromatic heterocycles. The molecule has 166 valence electrons. The van der Waals surface area contributed by atoms with Gasteiger partial charge in [-0.25, -0.2) is 0 Å². The van der Waals surface area contributed by atoms with Crippen molar-refractivity contribution in [1.82, 2.24) is 14.9 Å². The third-order valence-electron chi connectivity index (χ3n) is 6.02. The monoisotopic (exact) mass is 454 g/mol. The number of aryl methyl sites for hydroxylation is 2. The van der Waals surface area contributed by atoms with E-state index in [4.69, 9.17) is 17.0 Å². The fourth-order valence-corrected chi connectivity index (χ4v) is 4.98. The fraction of sp³-hybridized carbons (Fsp3) is 0.185. The van der Waals surface area contributed by atoms with E-state index in [0.29, 0.717) is 5.11 Å². The number of methoxy groups -OCH3 is 1. The molecule has 0 spiro atoms. The van der Waals surface area contributed by atoms with Crippen LogP contribution in [0.15, 0.2) is 85.2 Å². The molecule has 2 aromatic carbocycles. The summed E-state index contributed by atoms with van der Waals surface area (Å²) in [6, 6.07) is 24.7. The maximum Gasteiger partial charge on any atom is 0.174 e. The molecule has 4 aromatic rings. The Hall–Kier alpha value is -3.64. The quantitative estimate of drug-likeness (QED) is 0.393. The van der Waals surface area contributed by atoms with Crippen LogP contribution in [0.1, 0.15) is 34.6 Å². The van der Waals surface area contributed by atoms with Gasteiger partial charge in [-0.3, -0.25) is 4.98 Å². The molecule has 2 atom stereocenters. The lowest BCUT2D eigenvalue weighted by Crippen LogP contribution is -2.30. The minimum absolute atomic E-state index is 0.0781. The van der Waals surface area contributed by atoms with E-state index in [-0.39, 0.29) is 12.1 Å². The molecule has 5 nitrogen and oxygen atoms in total. The zero-order valence-corrected chi connectivity index (χ0v) is 19.7. The van der Waals surface area contributed by atoms with Crippen LogP contribution in [0.2, 0.25) is 0 Å². The fourth-order valence-electron chi connectivity index (χ4n) is 4.64. The smallest absolute Gasteiger partial charge is 0.174 e. The van der Waals surface area contributed by atoms with Gasteiger partial charge in [-0.05, 0) is 97.9 Å². The first-order chi connectivity index (χ1) is 16.0. The van der Waals surface area contributed by atoms with Crippen molar-refractivity contribution in [2.75, 3.05) is 12.0 Å². The number of benzene rings is 2. The van der Waals surface area contributed by atoms with Gasteiger partial charge in [0.1, 0.15) is 11.8 Å². The number of thiocarbonyl (C=S) groups is 1. The van der Waals surface area contributed by atoms with Crippen LogP contribution in [0, 0.1) is 13.8 Å². The van der Waals surface area contributed by atoms with Crippen LogP contribution in [0.3, 0.4) is 0 Å². The second-order valence-electron chi connectivity index (χ2n) is 8.34. The number of nitrogens with one attached hydrogen (secondary N) is 1. The van der Waals surface area contributed by atoms with Crippen LogP contribution in [0.4, 0.5) is 5.69 Å². The summed E-state index contributed by atoms with van der Waals surface area (Å²) in [6.45, 7) is 4.24. The van der Waals surface area contributed by atoms with Crippen LogP contribution in [-0.2, 0) is 0 Å². The Morgan fingerprint density at radius 1 is 0.909 bits per heavy atom. The van der Waals surface area contributed by atoms with Gasteiger partial charge in [0.15, 0.2) is 5.11 Å². The van der Waals surface area contributed by atoms with Crippen molar-refractivity contribution >= 4 is 23.0 Å². The van der Waals surface area contributed by atoms with Gasteiger partial charge < -0.3 is 19.5 Å². The largest absolute Gasteiger partial charge is 0.497 e. The lowest BCUT2D eigenvalue weighted by Gasteiger charge is -2.29. The van der Waals surface area contributed by atoms with Crippen LogP contribution in [0.5, 0.6) is 5.75 Å². The molecule has 1 N–H and O–H groups in total. The topological polar surface area (TPSA) is 42.3 Å². The number of ether oxygens (including phenoxy) is 1. The van der Waals surface area contributed by atoms with Crippen molar-refractivity contribution in [3.63, 3.8) is 0 Å². The molecule has 0 saturated carbocycles. The first kappa shape index (κ1) is 21.2. The summed E-state index contributed by atoms with van der Waals surface area (Å²) in [5, 5.41) is 4.25. The summed E-state index contributed by atoms with van der Waals surface area (Å²) in [4.78, 5) is 6.90. The van der Waals surface area contributed by atoms with E-state index in [1.807, 2.05) is 30.5 Å². The molecule has 0 aliphatic carbocycles. The van der Waals surface area contributed by atoms with E-state index in [1.165, 1.54) is 11.1 Å². The third kappa shape index (κ3) is 3.98. The Balaban J connectivity index is 1.66. The van der Waals surface area contributed by atoms with E-state index in [0.717, 1.165) is 28.5 Å². The molecule has 1 aliphatic rings. The number of anilines is 1. The van der Waals surface area contributed by atoms with Gasteiger partial charge in [0.2, 0.25) is 0 Å². The molecule has 0 bridgehead atoms. The maximum atomic E-state index is 5.89. The van der Waals surface area contributed by atoms with Crippen LogP contribution in [-0.4, -0.2) is 21.8 Å². The Kier molecular flexibility index (Phi) is 5.60. The summed E-state index contributed by atoms with van der Waals surface area (Å²) >= 11 is 5.89. The van der Waals surface area contributed by atoms with Crippen molar-refractivity contribution in [1.29, 1.82) is 0 Å². The highest BCUT2D eigenvalue weighted by Crippen LogP contribution is 2.42. The second kappa shape index (κ2) is 8.71. The molecular formula is C27H26N4OS. The van der Waals surface area contributed by atoms with Gasteiger partial charge in [0.25, 0.3) is 0 Å². The van der Waals surface area contributed by atoms with E-state index in [1.54, 1.807) is 7.11 Å². The molecule has 1 saturated heterocycles. The van der Waals surface area contributed by atoms with Crippen molar-refractivity contribution in [2.24, 2.45) is 0 Å². The predicted molar refractivity (Wildman–Crippen MR) is 136 cm³/mol. The van der Waals surface area contributed by atoms with Gasteiger partial charge in [-0.1, -0.05) is 12.1 Å². The van der Waals surface area contributed by atoms with Gasteiger partial charge in [0, 0.05) is 29.5 Å².